The highest BCUT2D eigenvalue weighted by atomic mass is 79.9. The summed E-state index contributed by atoms with van der Waals surface area (Å²) in [6.07, 6.45) is 0.868. The van der Waals surface area contributed by atoms with Gasteiger partial charge in [-0.05, 0) is 41.8 Å². The third-order valence-corrected chi connectivity index (χ3v) is 3.73. The summed E-state index contributed by atoms with van der Waals surface area (Å²) < 4.78 is 0. The number of benzene rings is 2. The minimum absolute atomic E-state index is 0. The smallest absolute Gasteiger partial charge is 0.157 e. The summed E-state index contributed by atoms with van der Waals surface area (Å²) >= 11 is 0. The van der Waals surface area contributed by atoms with Gasteiger partial charge in [-0.3, -0.25) is 0 Å². The lowest BCUT2D eigenvalue weighted by molar-refractivity contribution is 0.402. The Labute approximate surface area is 129 Å². The summed E-state index contributed by atoms with van der Waals surface area (Å²) in [5.74, 6) is 0.138. The number of nitrogens with one attached hydrogen (secondary N) is 1. The molecule has 0 aliphatic carbocycles. The number of hydrogen-bond acceptors (Lipinski definition) is 3. The Balaban J connectivity index is 0.00000147. The molecule has 0 amide bonds. The highest BCUT2D eigenvalue weighted by Crippen LogP contribution is 2.36. The van der Waals surface area contributed by atoms with Gasteiger partial charge in [-0.2, -0.15) is 0 Å². The molecule has 2 aromatic carbocycles. The van der Waals surface area contributed by atoms with Crippen molar-refractivity contribution in [1.82, 2.24) is 5.32 Å². The fourth-order valence-electron chi connectivity index (χ4n) is 2.74. The number of halogens is 1. The molecule has 0 unspecified atom stereocenters. The molecule has 0 bridgehead atoms. The van der Waals surface area contributed by atoms with Crippen LogP contribution in [0, 0.1) is 0 Å². The van der Waals surface area contributed by atoms with Gasteiger partial charge in [-0.1, -0.05) is 30.3 Å². The van der Waals surface area contributed by atoms with Crippen LogP contribution in [0.3, 0.4) is 0 Å². The molecule has 0 aromatic heterocycles. The van der Waals surface area contributed by atoms with Crippen LogP contribution in [-0.2, 0) is 6.42 Å². The first-order chi connectivity index (χ1) is 9.25. The van der Waals surface area contributed by atoms with Gasteiger partial charge >= 0.3 is 0 Å². The fourth-order valence-corrected chi connectivity index (χ4v) is 2.74. The number of hydrogen-bond donors (Lipinski definition) is 3. The molecule has 3 rings (SSSR count). The fraction of sp³-hybridized carbons (Fsp3) is 0.250. The second kappa shape index (κ2) is 6.29. The Morgan fingerprint density at radius 3 is 2.45 bits per heavy atom. The largest absolute Gasteiger partial charge is 0.504 e. The molecule has 0 fully saturated rings. The van der Waals surface area contributed by atoms with Crippen molar-refractivity contribution in [3.63, 3.8) is 0 Å². The van der Waals surface area contributed by atoms with Crippen molar-refractivity contribution in [1.29, 1.82) is 0 Å². The Morgan fingerprint density at radius 2 is 1.70 bits per heavy atom. The molecule has 4 heteroatoms. The SMILES string of the molecule is Br.Oc1cc2c(cc1O)[C@H](c1ccccc1)CNCC2. The van der Waals surface area contributed by atoms with Crippen LogP contribution >= 0.6 is 17.0 Å². The van der Waals surface area contributed by atoms with Gasteiger partial charge in [0.25, 0.3) is 0 Å². The van der Waals surface area contributed by atoms with Crippen LogP contribution in [0.1, 0.15) is 22.6 Å². The van der Waals surface area contributed by atoms with E-state index in [1.54, 1.807) is 12.1 Å². The van der Waals surface area contributed by atoms with E-state index in [0.29, 0.717) is 0 Å². The number of aromatic hydroxyl groups is 2. The molecular weight excluding hydrogens is 318 g/mol. The predicted octanol–water partition coefficient (Wildman–Crippen LogP) is 2.95. The van der Waals surface area contributed by atoms with E-state index in [0.717, 1.165) is 30.6 Å². The van der Waals surface area contributed by atoms with Gasteiger partial charge in [0.05, 0.1) is 0 Å². The van der Waals surface area contributed by atoms with Gasteiger partial charge in [0, 0.05) is 12.5 Å². The van der Waals surface area contributed by atoms with Crippen molar-refractivity contribution in [3.05, 3.63) is 59.2 Å². The van der Waals surface area contributed by atoms with E-state index in [1.165, 1.54) is 5.56 Å². The summed E-state index contributed by atoms with van der Waals surface area (Å²) in [4.78, 5) is 0. The first-order valence-electron chi connectivity index (χ1n) is 6.56. The van der Waals surface area contributed by atoms with Gasteiger partial charge in [0.2, 0.25) is 0 Å². The van der Waals surface area contributed by atoms with Crippen LogP contribution < -0.4 is 5.32 Å². The summed E-state index contributed by atoms with van der Waals surface area (Å²) in [5.41, 5.74) is 3.43. The van der Waals surface area contributed by atoms with Crippen LogP contribution in [0.25, 0.3) is 0 Å². The van der Waals surface area contributed by atoms with Gasteiger partial charge < -0.3 is 15.5 Å². The van der Waals surface area contributed by atoms with Crippen molar-refractivity contribution in [2.45, 2.75) is 12.3 Å². The Morgan fingerprint density at radius 1 is 1.00 bits per heavy atom. The number of rotatable bonds is 1. The van der Waals surface area contributed by atoms with Crippen molar-refractivity contribution in [3.8, 4) is 11.5 Å². The molecule has 1 heterocycles. The molecule has 3 N–H and O–H groups in total. The quantitative estimate of drug-likeness (QED) is 0.702. The van der Waals surface area contributed by atoms with Gasteiger partial charge in [-0.15, -0.1) is 17.0 Å². The molecule has 20 heavy (non-hydrogen) atoms. The Bertz CT molecular complexity index is 587. The minimum atomic E-state index is -0.0402. The summed E-state index contributed by atoms with van der Waals surface area (Å²) in [7, 11) is 0. The van der Waals surface area contributed by atoms with Crippen LogP contribution in [0.15, 0.2) is 42.5 Å². The van der Waals surface area contributed by atoms with Crippen LogP contribution in [0.5, 0.6) is 11.5 Å². The molecular formula is C16H18BrNO2. The number of fused-ring (bicyclic) bond motifs is 1. The maximum atomic E-state index is 9.76. The highest BCUT2D eigenvalue weighted by molar-refractivity contribution is 8.93. The molecule has 3 nitrogen and oxygen atoms in total. The molecule has 0 saturated heterocycles. The zero-order valence-corrected chi connectivity index (χ0v) is 12.8. The average molecular weight is 336 g/mol. The van der Waals surface area contributed by atoms with E-state index in [2.05, 4.69) is 17.4 Å². The van der Waals surface area contributed by atoms with Crippen molar-refractivity contribution < 1.29 is 10.2 Å². The summed E-state index contributed by atoms with van der Waals surface area (Å²) in [6.45, 7) is 1.74. The Hall–Kier alpha value is -1.52. The molecule has 0 spiro atoms. The first-order valence-corrected chi connectivity index (χ1v) is 6.56. The predicted molar refractivity (Wildman–Crippen MR) is 85.0 cm³/mol. The van der Waals surface area contributed by atoms with Crippen LogP contribution in [0.4, 0.5) is 0 Å². The average Bonchev–Trinajstić information content (AvgIpc) is 2.63. The van der Waals surface area contributed by atoms with Gasteiger partial charge in [0.15, 0.2) is 11.5 Å². The summed E-state index contributed by atoms with van der Waals surface area (Å²) in [5, 5.41) is 22.8. The minimum Gasteiger partial charge on any atom is -0.504 e. The van der Waals surface area contributed by atoms with Crippen LogP contribution in [-0.4, -0.2) is 23.3 Å². The van der Waals surface area contributed by atoms with Crippen molar-refractivity contribution in [2.75, 3.05) is 13.1 Å². The van der Waals surface area contributed by atoms with Crippen LogP contribution in [0.2, 0.25) is 0 Å². The van der Waals surface area contributed by atoms with E-state index in [-0.39, 0.29) is 34.4 Å². The lowest BCUT2D eigenvalue weighted by Gasteiger charge is -2.18. The van der Waals surface area contributed by atoms with E-state index in [1.807, 2.05) is 18.2 Å². The lowest BCUT2D eigenvalue weighted by atomic mass is 9.88. The maximum Gasteiger partial charge on any atom is 0.157 e. The lowest BCUT2D eigenvalue weighted by Crippen LogP contribution is -2.20. The third-order valence-electron chi connectivity index (χ3n) is 3.73. The zero-order valence-electron chi connectivity index (χ0n) is 11.0. The molecule has 1 aliphatic rings. The van der Waals surface area contributed by atoms with E-state index >= 15 is 0 Å². The number of phenols is 2. The number of phenolic OH excluding ortho intramolecular Hbond substituents is 2. The maximum absolute atomic E-state index is 9.76. The molecule has 0 saturated carbocycles. The van der Waals surface area contributed by atoms with E-state index < -0.39 is 0 Å². The van der Waals surface area contributed by atoms with Crippen molar-refractivity contribution in [2.24, 2.45) is 0 Å². The zero-order chi connectivity index (χ0) is 13.2. The summed E-state index contributed by atoms with van der Waals surface area (Å²) in [6, 6.07) is 13.7. The third kappa shape index (κ3) is 2.81. The topological polar surface area (TPSA) is 52.5 Å². The van der Waals surface area contributed by atoms with E-state index in [9.17, 15) is 10.2 Å². The molecule has 2 aromatic rings. The standard InChI is InChI=1S/C16H17NO2.BrH/c18-15-8-12-6-7-17-10-14(13(12)9-16(15)19)11-4-2-1-3-5-11;/h1-5,8-9,14,17-19H,6-7,10H2;1H/t14-;/m0./s1. The second-order valence-electron chi connectivity index (χ2n) is 4.96. The molecule has 106 valence electrons. The second-order valence-corrected chi connectivity index (χ2v) is 4.96. The first kappa shape index (κ1) is 14.9. The van der Waals surface area contributed by atoms with Gasteiger partial charge in [-0.25, -0.2) is 0 Å². The van der Waals surface area contributed by atoms with Gasteiger partial charge in [0.1, 0.15) is 0 Å². The monoisotopic (exact) mass is 335 g/mol. The Kier molecular flexibility index (Phi) is 4.68. The normalized spacial score (nSPS) is 17.7. The van der Waals surface area contributed by atoms with E-state index in [4.69, 9.17) is 0 Å². The highest BCUT2D eigenvalue weighted by Gasteiger charge is 2.21. The molecule has 1 atom stereocenters. The van der Waals surface area contributed by atoms with Crippen molar-refractivity contribution >= 4 is 17.0 Å². The molecule has 1 aliphatic heterocycles. The molecule has 0 radical (unpaired) electrons.